The van der Waals surface area contributed by atoms with Crippen LogP contribution in [0.3, 0.4) is 0 Å². The molecule has 0 amide bonds. The molecule has 0 saturated carbocycles. The first-order valence-corrected chi connectivity index (χ1v) is 6.60. The van der Waals surface area contributed by atoms with Crippen LogP contribution in [0.2, 0.25) is 5.02 Å². The fourth-order valence-electron chi connectivity index (χ4n) is 1.88. The fraction of sp³-hybridized carbons (Fsp3) is 0.200. The number of hydrogen-bond acceptors (Lipinski definition) is 2. The summed E-state index contributed by atoms with van der Waals surface area (Å²) in [5, 5.41) is 3.14. The Kier molecular flexibility index (Phi) is 4.96. The Morgan fingerprint density at radius 1 is 1.14 bits per heavy atom. The molecule has 2 aromatic carbocycles. The van der Waals surface area contributed by atoms with E-state index in [1.165, 1.54) is 24.3 Å². The Labute approximate surface area is 125 Å². The number of ether oxygens (including phenoxy) is 1. The highest BCUT2D eigenvalue weighted by Gasteiger charge is 2.10. The van der Waals surface area contributed by atoms with Gasteiger partial charge in [-0.3, -0.25) is 0 Å². The van der Waals surface area contributed by atoms with Crippen LogP contribution in [0.25, 0.3) is 0 Å². The van der Waals surface area contributed by atoms with E-state index in [2.05, 4.69) is 10.1 Å². The highest BCUT2D eigenvalue weighted by atomic mass is 35.5. The molecule has 0 aliphatic rings. The van der Waals surface area contributed by atoms with Gasteiger partial charge in [0.1, 0.15) is 11.6 Å². The average molecular weight is 316 g/mol. The van der Waals surface area contributed by atoms with E-state index in [4.69, 9.17) is 11.6 Å². The van der Waals surface area contributed by atoms with Crippen molar-refractivity contribution in [2.24, 2.45) is 0 Å². The molecule has 21 heavy (non-hydrogen) atoms. The van der Waals surface area contributed by atoms with Crippen molar-refractivity contribution in [3.63, 3.8) is 0 Å². The summed E-state index contributed by atoms with van der Waals surface area (Å²) in [5.74, 6) is -0.443. The molecule has 0 spiro atoms. The first-order valence-electron chi connectivity index (χ1n) is 6.22. The van der Waals surface area contributed by atoms with Crippen molar-refractivity contribution in [3.05, 3.63) is 58.9 Å². The van der Waals surface area contributed by atoms with Crippen molar-refractivity contribution >= 4 is 17.3 Å². The van der Waals surface area contributed by atoms with Crippen LogP contribution in [0.1, 0.15) is 18.5 Å². The lowest BCUT2D eigenvalue weighted by Crippen LogP contribution is -2.07. The summed E-state index contributed by atoms with van der Waals surface area (Å²) in [4.78, 5) is 0. The predicted octanol–water partition coefficient (Wildman–Crippen LogP) is 5.25. The third-order valence-electron chi connectivity index (χ3n) is 2.89. The zero-order valence-electron chi connectivity index (χ0n) is 11.1. The molecule has 0 saturated heterocycles. The molecule has 112 valence electrons. The normalized spacial score (nSPS) is 12.3. The zero-order valence-corrected chi connectivity index (χ0v) is 11.9. The standard InChI is InChI=1S/C15H13ClF3NO/c1-9(10-5-6-13(16)14(17)7-10)20-11-3-2-4-12(8-11)21-15(18)19/h2-9,15,20H,1H3. The number of halogens is 4. The van der Waals surface area contributed by atoms with Crippen LogP contribution in [0.5, 0.6) is 5.75 Å². The molecule has 1 N–H and O–H groups in total. The quantitative estimate of drug-likeness (QED) is 0.813. The number of nitrogens with one attached hydrogen (secondary N) is 1. The third-order valence-corrected chi connectivity index (χ3v) is 3.19. The predicted molar refractivity (Wildman–Crippen MR) is 76.5 cm³/mol. The van der Waals surface area contributed by atoms with Crippen molar-refractivity contribution in [2.45, 2.75) is 19.6 Å². The molecule has 2 rings (SSSR count). The number of hydrogen-bond donors (Lipinski definition) is 1. The first kappa shape index (κ1) is 15.5. The molecule has 2 nitrogen and oxygen atoms in total. The molecular weight excluding hydrogens is 303 g/mol. The van der Waals surface area contributed by atoms with E-state index in [0.29, 0.717) is 11.3 Å². The molecule has 0 fully saturated rings. The lowest BCUT2D eigenvalue weighted by molar-refractivity contribution is -0.0498. The monoisotopic (exact) mass is 315 g/mol. The maximum Gasteiger partial charge on any atom is 0.387 e. The van der Waals surface area contributed by atoms with Gasteiger partial charge in [-0.15, -0.1) is 0 Å². The molecule has 1 atom stereocenters. The molecule has 0 aromatic heterocycles. The maximum atomic E-state index is 13.4. The van der Waals surface area contributed by atoms with Crippen molar-refractivity contribution in [2.75, 3.05) is 5.32 Å². The van der Waals surface area contributed by atoms with Gasteiger partial charge in [-0.05, 0) is 36.8 Å². The number of rotatable bonds is 5. The fourth-order valence-corrected chi connectivity index (χ4v) is 1.99. The minimum Gasteiger partial charge on any atom is -0.435 e. The molecule has 2 aromatic rings. The van der Waals surface area contributed by atoms with E-state index < -0.39 is 12.4 Å². The van der Waals surface area contributed by atoms with Gasteiger partial charge in [-0.2, -0.15) is 8.78 Å². The summed E-state index contributed by atoms with van der Waals surface area (Å²) in [6.45, 7) is -1.05. The van der Waals surface area contributed by atoms with E-state index in [-0.39, 0.29) is 16.8 Å². The summed E-state index contributed by atoms with van der Waals surface area (Å²) in [6, 6.07) is 10.5. The SMILES string of the molecule is CC(Nc1cccc(OC(F)F)c1)c1ccc(Cl)c(F)c1. The van der Waals surface area contributed by atoms with Crippen LogP contribution in [-0.2, 0) is 0 Å². The highest BCUT2D eigenvalue weighted by Crippen LogP contribution is 2.25. The van der Waals surface area contributed by atoms with Crippen molar-refractivity contribution < 1.29 is 17.9 Å². The average Bonchev–Trinajstić information content (AvgIpc) is 2.41. The molecule has 0 bridgehead atoms. The zero-order chi connectivity index (χ0) is 15.4. The second kappa shape index (κ2) is 6.72. The summed E-state index contributed by atoms with van der Waals surface area (Å²) < 4.78 is 42.1. The van der Waals surface area contributed by atoms with Gasteiger partial charge in [0.05, 0.1) is 5.02 Å². The molecule has 0 radical (unpaired) electrons. The Morgan fingerprint density at radius 2 is 1.90 bits per heavy atom. The molecule has 0 heterocycles. The molecular formula is C15H13ClF3NO. The Bertz CT molecular complexity index is 622. The molecule has 1 unspecified atom stereocenters. The summed E-state index contributed by atoms with van der Waals surface area (Å²) in [5.41, 5.74) is 1.29. The van der Waals surface area contributed by atoms with Crippen LogP contribution in [0.4, 0.5) is 18.9 Å². The van der Waals surface area contributed by atoms with Gasteiger partial charge in [0.15, 0.2) is 0 Å². The number of anilines is 1. The summed E-state index contributed by atoms with van der Waals surface area (Å²) in [7, 11) is 0. The minimum absolute atomic E-state index is 0.0540. The lowest BCUT2D eigenvalue weighted by atomic mass is 10.1. The van der Waals surface area contributed by atoms with Crippen molar-refractivity contribution in [3.8, 4) is 5.75 Å². The first-order chi connectivity index (χ1) is 9.95. The third kappa shape index (κ3) is 4.29. The van der Waals surface area contributed by atoms with E-state index in [1.807, 2.05) is 6.92 Å². The van der Waals surface area contributed by atoms with Gasteiger partial charge in [0, 0.05) is 17.8 Å². The van der Waals surface area contributed by atoms with E-state index in [9.17, 15) is 13.2 Å². The number of alkyl halides is 2. The van der Waals surface area contributed by atoms with Gasteiger partial charge in [0.2, 0.25) is 0 Å². The van der Waals surface area contributed by atoms with Gasteiger partial charge in [-0.1, -0.05) is 23.7 Å². The smallest absolute Gasteiger partial charge is 0.387 e. The number of benzene rings is 2. The summed E-state index contributed by atoms with van der Waals surface area (Å²) in [6.07, 6.45) is 0. The van der Waals surface area contributed by atoms with Gasteiger partial charge in [0.25, 0.3) is 0 Å². The van der Waals surface area contributed by atoms with Crippen LogP contribution >= 0.6 is 11.6 Å². The van der Waals surface area contributed by atoms with Gasteiger partial charge < -0.3 is 10.1 Å². The van der Waals surface area contributed by atoms with E-state index in [1.54, 1.807) is 18.2 Å². The van der Waals surface area contributed by atoms with Crippen LogP contribution in [0.15, 0.2) is 42.5 Å². The lowest BCUT2D eigenvalue weighted by Gasteiger charge is -2.17. The summed E-state index contributed by atoms with van der Waals surface area (Å²) >= 11 is 5.63. The second-order valence-electron chi connectivity index (χ2n) is 4.45. The highest BCUT2D eigenvalue weighted by molar-refractivity contribution is 6.30. The van der Waals surface area contributed by atoms with Crippen molar-refractivity contribution in [1.82, 2.24) is 0 Å². The van der Waals surface area contributed by atoms with E-state index >= 15 is 0 Å². The van der Waals surface area contributed by atoms with Crippen molar-refractivity contribution in [1.29, 1.82) is 0 Å². The molecule has 6 heteroatoms. The Morgan fingerprint density at radius 3 is 2.57 bits per heavy atom. The maximum absolute atomic E-state index is 13.4. The topological polar surface area (TPSA) is 21.3 Å². The largest absolute Gasteiger partial charge is 0.435 e. The van der Waals surface area contributed by atoms with Crippen LogP contribution < -0.4 is 10.1 Å². The minimum atomic E-state index is -2.87. The van der Waals surface area contributed by atoms with E-state index in [0.717, 1.165) is 0 Å². The Hall–Kier alpha value is -1.88. The molecule has 0 aliphatic carbocycles. The van der Waals surface area contributed by atoms with Gasteiger partial charge >= 0.3 is 6.61 Å². The van der Waals surface area contributed by atoms with Gasteiger partial charge in [-0.25, -0.2) is 4.39 Å². The van der Waals surface area contributed by atoms with Crippen LogP contribution in [0, 0.1) is 5.82 Å². The Balaban J connectivity index is 2.11. The second-order valence-corrected chi connectivity index (χ2v) is 4.85. The van der Waals surface area contributed by atoms with Crippen LogP contribution in [-0.4, -0.2) is 6.61 Å². The molecule has 0 aliphatic heterocycles.